The van der Waals surface area contributed by atoms with Crippen LogP contribution in [0.5, 0.6) is 5.75 Å². The average Bonchev–Trinajstić information content (AvgIpc) is 3.38. The fourth-order valence-electron chi connectivity index (χ4n) is 4.59. The Kier molecular flexibility index (Phi) is 5.15. The van der Waals surface area contributed by atoms with Crippen molar-refractivity contribution in [3.05, 3.63) is 99.2 Å². The lowest BCUT2D eigenvalue weighted by Crippen LogP contribution is -2.29. The van der Waals surface area contributed by atoms with Crippen LogP contribution in [0.4, 0.5) is 9.52 Å². The van der Waals surface area contributed by atoms with Crippen molar-refractivity contribution in [3.8, 4) is 5.75 Å². The van der Waals surface area contributed by atoms with Crippen molar-refractivity contribution in [1.29, 1.82) is 0 Å². The van der Waals surface area contributed by atoms with Gasteiger partial charge in [0.1, 0.15) is 17.1 Å². The van der Waals surface area contributed by atoms with Crippen molar-refractivity contribution in [1.82, 2.24) is 4.98 Å². The molecule has 1 amide bonds. The Morgan fingerprint density at radius 3 is 2.58 bits per heavy atom. The summed E-state index contributed by atoms with van der Waals surface area (Å²) < 4.78 is 26.3. The first-order valence-electron chi connectivity index (χ1n) is 11.5. The predicted molar refractivity (Wildman–Crippen MR) is 138 cm³/mol. The molecule has 0 unspecified atom stereocenters. The summed E-state index contributed by atoms with van der Waals surface area (Å²) in [6, 6.07) is 16.2. The number of aromatic nitrogens is 1. The van der Waals surface area contributed by atoms with Crippen LogP contribution in [0.1, 0.15) is 47.1 Å². The van der Waals surface area contributed by atoms with E-state index in [0.29, 0.717) is 37.6 Å². The Bertz CT molecular complexity index is 1720. The predicted octanol–water partition coefficient (Wildman–Crippen LogP) is 6.39. The highest BCUT2D eigenvalue weighted by atomic mass is 32.1. The Morgan fingerprint density at radius 1 is 1.06 bits per heavy atom. The molecule has 6 nitrogen and oxygen atoms in total. The molecule has 0 N–H and O–H groups in total. The molecule has 1 aliphatic heterocycles. The number of ether oxygens (including phenoxy) is 1. The highest BCUT2D eigenvalue weighted by Crippen LogP contribution is 2.44. The van der Waals surface area contributed by atoms with Gasteiger partial charge in [-0.3, -0.25) is 14.5 Å². The summed E-state index contributed by atoms with van der Waals surface area (Å²) in [5.41, 5.74) is 2.55. The van der Waals surface area contributed by atoms with Crippen molar-refractivity contribution < 1.29 is 18.3 Å². The van der Waals surface area contributed by atoms with Crippen molar-refractivity contribution >= 4 is 43.6 Å². The molecule has 0 fully saturated rings. The minimum atomic E-state index is -0.757. The van der Waals surface area contributed by atoms with Crippen molar-refractivity contribution in [2.45, 2.75) is 32.9 Å². The minimum absolute atomic E-state index is 0.00528. The van der Waals surface area contributed by atoms with Crippen LogP contribution in [0.3, 0.4) is 0 Å². The van der Waals surface area contributed by atoms with Crippen LogP contribution in [-0.2, 0) is 0 Å². The third kappa shape index (κ3) is 3.56. The van der Waals surface area contributed by atoms with Gasteiger partial charge in [-0.2, -0.15) is 0 Å². The van der Waals surface area contributed by atoms with Gasteiger partial charge >= 0.3 is 0 Å². The number of fused-ring (bicyclic) bond motifs is 3. The first-order valence-corrected chi connectivity index (χ1v) is 12.4. The molecule has 0 spiro atoms. The second-order valence-electron chi connectivity index (χ2n) is 9.10. The second kappa shape index (κ2) is 8.27. The van der Waals surface area contributed by atoms with Gasteiger partial charge in [-0.15, -0.1) is 0 Å². The van der Waals surface area contributed by atoms with E-state index in [4.69, 9.17) is 9.15 Å². The molecule has 6 rings (SSSR count). The third-order valence-electron chi connectivity index (χ3n) is 6.14. The highest BCUT2D eigenvalue weighted by Gasteiger charge is 2.45. The largest absolute Gasteiger partial charge is 0.491 e. The molecule has 5 aromatic rings. The van der Waals surface area contributed by atoms with Gasteiger partial charge in [0.2, 0.25) is 5.76 Å². The lowest BCUT2D eigenvalue weighted by atomic mass is 9.98. The monoisotopic (exact) mass is 500 g/mol. The van der Waals surface area contributed by atoms with Crippen LogP contribution >= 0.6 is 11.3 Å². The van der Waals surface area contributed by atoms with E-state index in [-0.39, 0.29) is 28.7 Å². The van der Waals surface area contributed by atoms with E-state index < -0.39 is 11.9 Å². The number of carbonyl (C=O) groups excluding carboxylic acids is 1. The van der Waals surface area contributed by atoms with Crippen molar-refractivity contribution in [2.75, 3.05) is 4.90 Å². The molecule has 180 valence electrons. The standard InChI is InChI=1S/C28H21FN2O4S/c1-14(2)34-18-8-5-16(6-9-18)24-23-25(32)19-12-15(3)4-11-21(19)35-26(23)27(33)31(24)28-30-20-10-7-17(29)13-22(20)36-28/h4-14,24H,1-3H3/t24-/m1/s1. The van der Waals surface area contributed by atoms with Crippen molar-refractivity contribution in [3.63, 3.8) is 0 Å². The number of rotatable bonds is 4. The fourth-order valence-corrected chi connectivity index (χ4v) is 5.61. The van der Waals surface area contributed by atoms with Crippen LogP contribution in [0.2, 0.25) is 0 Å². The first-order chi connectivity index (χ1) is 17.3. The van der Waals surface area contributed by atoms with E-state index in [2.05, 4.69) is 4.98 Å². The Hall–Kier alpha value is -4.04. The van der Waals surface area contributed by atoms with Gasteiger partial charge < -0.3 is 9.15 Å². The van der Waals surface area contributed by atoms with Crippen LogP contribution in [0, 0.1) is 12.7 Å². The maximum Gasteiger partial charge on any atom is 0.297 e. The normalized spacial score (nSPS) is 15.3. The minimum Gasteiger partial charge on any atom is -0.491 e. The summed E-state index contributed by atoms with van der Waals surface area (Å²) in [4.78, 5) is 33.6. The van der Waals surface area contributed by atoms with E-state index in [0.717, 1.165) is 5.56 Å². The summed E-state index contributed by atoms with van der Waals surface area (Å²) in [6.45, 7) is 5.78. The molecule has 3 aromatic carbocycles. The van der Waals surface area contributed by atoms with Crippen LogP contribution < -0.4 is 15.1 Å². The van der Waals surface area contributed by atoms with E-state index in [1.165, 1.54) is 28.4 Å². The smallest absolute Gasteiger partial charge is 0.297 e. The number of hydrogen-bond donors (Lipinski definition) is 0. The number of nitrogens with zero attached hydrogens (tertiary/aromatic N) is 2. The number of amides is 1. The first kappa shape index (κ1) is 22.4. The van der Waals surface area contributed by atoms with Crippen LogP contribution in [0.25, 0.3) is 21.2 Å². The van der Waals surface area contributed by atoms with E-state index >= 15 is 0 Å². The topological polar surface area (TPSA) is 72.6 Å². The molecule has 1 aliphatic rings. The van der Waals surface area contributed by atoms with Crippen LogP contribution in [0.15, 0.2) is 69.9 Å². The zero-order valence-electron chi connectivity index (χ0n) is 19.7. The molecule has 36 heavy (non-hydrogen) atoms. The molecule has 0 radical (unpaired) electrons. The average molecular weight is 501 g/mol. The van der Waals surface area contributed by atoms with Crippen molar-refractivity contribution in [2.24, 2.45) is 0 Å². The summed E-state index contributed by atoms with van der Waals surface area (Å²) in [6.07, 6.45) is 0.00549. The highest BCUT2D eigenvalue weighted by molar-refractivity contribution is 7.22. The third-order valence-corrected chi connectivity index (χ3v) is 7.16. The summed E-state index contributed by atoms with van der Waals surface area (Å²) >= 11 is 1.19. The number of anilines is 1. The van der Waals surface area contributed by atoms with E-state index in [9.17, 15) is 14.0 Å². The number of halogens is 1. The Morgan fingerprint density at radius 2 is 1.83 bits per heavy atom. The fraction of sp³-hybridized carbons (Fsp3) is 0.179. The lowest BCUT2D eigenvalue weighted by molar-refractivity contribution is 0.0971. The molecule has 3 heterocycles. The maximum atomic E-state index is 13.9. The number of benzene rings is 3. The second-order valence-corrected chi connectivity index (χ2v) is 10.1. The van der Waals surface area contributed by atoms with Gasteiger partial charge in [0.15, 0.2) is 10.6 Å². The van der Waals surface area contributed by atoms with Gasteiger partial charge in [0, 0.05) is 0 Å². The molecule has 0 aliphatic carbocycles. The quantitative estimate of drug-likeness (QED) is 0.286. The molecule has 0 bridgehead atoms. The summed E-state index contributed by atoms with van der Waals surface area (Å²) in [7, 11) is 0. The Balaban J connectivity index is 1.58. The number of aryl methyl sites for hydroxylation is 1. The number of thiazole rings is 1. The molecule has 0 saturated carbocycles. The zero-order chi connectivity index (χ0) is 25.1. The lowest BCUT2D eigenvalue weighted by Gasteiger charge is -2.23. The molecule has 0 saturated heterocycles. The van der Waals surface area contributed by atoms with Gasteiger partial charge in [0.25, 0.3) is 5.91 Å². The zero-order valence-corrected chi connectivity index (χ0v) is 20.6. The summed E-state index contributed by atoms with van der Waals surface area (Å²) in [5.74, 6) is -0.170. The molecule has 2 aromatic heterocycles. The van der Waals surface area contributed by atoms with Gasteiger partial charge in [-0.05, 0) is 68.8 Å². The Labute approximate surface area is 209 Å². The molecular formula is C28H21FN2O4S. The van der Waals surface area contributed by atoms with Gasteiger partial charge in [-0.1, -0.05) is 35.1 Å². The van der Waals surface area contributed by atoms with Gasteiger partial charge in [0.05, 0.1) is 33.3 Å². The van der Waals surface area contributed by atoms with E-state index in [1.807, 2.05) is 51.1 Å². The maximum absolute atomic E-state index is 13.9. The molecule has 1 atom stereocenters. The molecule has 8 heteroatoms. The molecular weight excluding hydrogens is 479 g/mol. The number of hydrogen-bond acceptors (Lipinski definition) is 6. The summed E-state index contributed by atoms with van der Waals surface area (Å²) in [5, 5.41) is 0.777. The van der Waals surface area contributed by atoms with E-state index in [1.54, 1.807) is 18.2 Å². The van der Waals surface area contributed by atoms with Crippen LogP contribution in [-0.4, -0.2) is 17.0 Å². The number of carbonyl (C=O) groups is 1. The van der Waals surface area contributed by atoms with Gasteiger partial charge in [-0.25, -0.2) is 9.37 Å². The SMILES string of the molecule is Cc1ccc2oc3c(c(=O)c2c1)[C@@H](c1ccc(OC(C)C)cc1)N(c1nc2ccc(F)cc2s1)C3=O.